The molecule has 6 heteroatoms. The third-order valence-corrected chi connectivity index (χ3v) is 1.61. The molecule has 2 heterocycles. The van der Waals surface area contributed by atoms with Crippen LogP contribution in [0.15, 0.2) is 24.8 Å². The van der Waals surface area contributed by atoms with Gasteiger partial charge >= 0.3 is 0 Å². The second-order valence-corrected chi connectivity index (χ2v) is 2.53. The summed E-state index contributed by atoms with van der Waals surface area (Å²) in [6, 6.07) is 0. The lowest BCUT2D eigenvalue weighted by Crippen LogP contribution is -2.01. The quantitative estimate of drug-likeness (QED) is 0.709. The Balaban J connectivity index is 2.33. The lowest BCUT2D eigenvalue weighted by Gasteiger charge is -2.00. The first-order valence-electron chi connectivity index (χ1n) is 3.86. The van der Waals surface area contributed by atoms with Crippen molar-refractivity contribution in [2.45, 2.75) is 0 Å². The van der Waals surface area contributed by atoms with Gasteiger partial charge in [0.2, 0.25) is 0 Å². The zero-order valence-corrected chi connectivity index (χ0v) is 7.38. The normalized spacial score (nSPS) is 10.1. The first-order chi connectivity index (χ1) is 6.79. The van der Waals surface area contributed by atoms with Gasteiger partial charge in [0.1, 0.15) is 0 Å². The van der Waals surface area contributed by atoms with Crippen LogP contribution in [0.2, 0.25) is 0 Å². The second-order valence-electron chi connectivity index (χ2n) is 2.53. The minimum absolute atomic E-state index is 0.301. The number of hydrogen-bond donors (Lipinski definition) is 0. The highest BCUT2D eigenvalue weighted by atomic mass is 19.1. The summed E-state index contributed by atoms with van der Waals surface area (Å²) in [5.41, 5.74) is 0. The molecule has 0 aliphatic rings. The van der Waals surface area contributed by atoms with E-state index in [-0.39, 0.29) is 0 Å². The third kappa shape index (κ3) is 1.54. The molecule has 72 valence electrons. The van der Waals surface area contributed by atoms with Crippen molar-refractivity contribution in [2.24, 2.45) is 0 Å². The Hall–Kier alpha value is -1.98. The van der Waals surface area contributed by atoms with E-state index in [0.29, 0.717) is 11.7 Å². The van der Waals surface area contributed by atoms with Crippen LogP contribution in [0.1, 0.15) is 0 Å². The van der Waals surface area contributed by atoms with Gasteiger partial charge in [-0.2, -0.15) is 5.10 Å². The summed E-state index contributed by atoms with van der Waals surface area (Å²) in [5, 5.41) is 3.72. The van der Waals surface area contributed by atoms with Gasteiger partial charge < -0.3 is 4.74 Å². The Bertz CT molecular complexity index is 425. The number of methoxy groups -OCH3 is 1. The van der Waals surface area contributed by atoms with Gasteiger partial charge in [-0.25, -0.2) is 19.0 Å². The molecule has 0 aliphatic heterocycles. The van der Waals surface area contributed by atoms with Crippen molar-refractivity contribution in [3.63, 3.8) is 0 Å². The summed E-state index contributed by atoms with van der Waals surface area (Å²) in [7, 11) is 1.52. The molecule has 0 bridgehead atoms. The highest BCUT2D eigenvalue weighted by Gasteiger charge is 2.02. The SMILES string of the molecule is COc1cnc(-n2cc(F)cn2)nc1. The summed E-state index contributed by atoms with van der Waals surface area (Å²) in [5.74, 6) is 0.417. The predicted molar refractivity (Wildman–Crippen MR) is 45.7 cm³/mol. The van der Waals surface area contributed by atoms with Crippen molar-refractivity contribution < 1.29 is 9.13 Å². The van der Waals surface area contributed by atoms with E-state index in [1.165, 1.54) is 30.4 Å². The molecule has 5 nitrogen and oxygen atoms in total. The highest BCUT2D eigenvalue weighted by Crippen LogP contribution is 2.07. The van der Waals surface area contributed by atoms with E-state index >= 15 is 0 Å². The van der Waals surface area contributed by atoms with Gasteiger partial charge in [0.15, 0.2) is 11.6 Å². The van der Waals surface area contributed by atoms with Crippen LogP contribution in [-0.4, -0.2) is 26.9 Å². The van der Waals surface area contributed by atoms with Gasteiger partial charge in [-0.15, -0.1) is 0 Å². The fourth-order valence-electron chi connectivity index (χ4n) is 0.943. The van der Waals surface area contributed by atoms with Gasteiger partial charge in [-0.05, 0) is 0 Å². The Labute approximate surface area is 79.2 Å². The standard InChI is InChI=1S/C8H7FN4O/c1-14-7-3-10-8(11-4-7)13-5-6(9)2-12-13/h2-5H,1H3. The van der Waals surface area contributed by atoms with Crippen molar-refractivity contribution in [3.05, 3.63) is 30.6 Å². The average molecular weight is 194 g/mol. The summed E-state index contributed by atoms with van der Waals surface area (Å²) in [6.45, 7) is 0. The van der Waals surface area contributed by atoms with Gasteiger partial charge in [-0.1, -0.05) is 0 Å². The van der Waals surface area contributed by atoms with Gasteiger partial charge in [-0.3, -0.25) is 0 Å². The lowest BCUT2D eigenvalue weighted by molar-refractivity contribution is 0.410. The smallest absolute Gasteiger partial charge is 0.250 e. The van der Waals surface area contributed by atoms with Crippen molar-refractivity contribution in [2.75, 3.05) is 7.11 Å². The highest BCUT2D eigenvalue weighted by molar-refractivity contribution is 5.17. The summed E-state index contributed by atoms with van der Waals surface area (Å²) in [4.78, 5) is 7.86. The molecule has 0 atom stereocenters. The molecule has 0 radical (unpaired) electrons. The van der Waals surface area contributed by atoms with Crippen LogP contribution >= 0.6 is 0 Å². The van der Waals surface area contributed by atoms with Crippen molar-refractivity contribution in [1.29, 1.82) is 0 Å². The average Bonchev–Trinajstić information content (AvgIpc) is 2.65. The van der Waals surface area contributed by atoms with Crippen LogP contribution in [0.4, 0.5) is 4.39 Å². The molecule has 0 spiro atoms. The van der Waals surface area contributed by atoms with E-state index in [2.05, 4.69) is 15.1 Å². The van der Waals surface area contributed by atoms with E-state index in [0.717, 1.165) is 6.20 Å². The zero-order valence-electron chi connectivity index (χ0n) is 7.38. The summed E-state index contributed by atoms with van der Waals surface area (Å²) < 4.78 is 18.7. The molecule has 0 unspecified atom stereocenters. The van der Waals surface area contributed by atoms with Crippen molar-refractivity contribution in [1.82, 2.24) is 19.7 Å². The maximum absolute atomic E-state index is 12.6. The minimum atomic E-state index is -0.426. The van der Waals surface area contributed by atoms with Crippen LogP contribution in [0, 0.1) is 5.82 Å². The Kier molecular flexibility index (Phi) is 2.10. The monoisotopic (exact) mass is 194 g/mol. The topological polar surface area (TPSA) is 52.8 Å². The number of halogens is 1. The molecule has 0 aromatic carbocycles. The molecule has 2 rings (SSSR count). The van der Waals surface area contributed by atoms with E-state index in [1.807, 2.05) is 0 Å². The van der Waals surface area contributed by atoms with Gasteiger partial charge in [0.05, 0.1) is 31.9 Å². The van der Waals surface area contributed by atoms with Crippen molar-refractivity contribution >= 4 is 0 Å². The summed E-state index contributed by atoms with van der Waals surface area (Å²) in [6.07, 6.45) is 5.26. The maximum atomic E-state index is 12.6. The van der Waals surface area contributed by atoms with E-state index < -0.39 is 5.82 Å². The van der Waals surface area contributed by atoms with Crippen LogP contribution in [0.3, 0.4) is 0 Å². The largest absolute Gasteiger partial charge is 0.494 e. The number of hydrogen-bond acceptors (Lipinski definition) is 4. The van der Waals surface area contributed by atoms with Crippen molar-refractivity contribution in [3.8, 4) is 11.7 Å². The molecule has 0 N–H and O–H groups in total. The van der Waals surface area contributed by atoms with Crippen LogP contribution in [0.5, 0.6) is 5.75 Å². The van der Waals surface area contributed by atoms with E-state index in [9.17, 15) is 4.39 Å². The molecule has 2 aromatic heterocycles. The maximum Gasteiger partial charge on any atom is 0.250 e. The molecule has 0 saturated carbocycles. The van der Waals surface area contributed by atoms with E-state index in [1.54, 1.807) is 0 Å². The fourth-order valence-corrected chi connectivity index (χ4v) is 0.943. The predicted octanol–water partition coefficient (Wildman–Crippen LogP) is 0.810. The molecule has 2 aromatic rings. The Morgan fingerprint density at radius 3 is 2.50 bits per heavy atom. The molecule has 14 heavy (non-hydrogen) atoms. The molecular formula is C8H7FN4O. The second kappa shape index (κ2) is 3.41. The minimum Gasteiger partial charge on any atom is -0.494 e. The van der Waals surface area contributed by atoms with Gasteiger partial charge in [0.25, 0.3) is 5.95 Å². The molecule has 0 amide bonds. The third-order valence-electron chi connectivity index (χ3n) is 1.61. The lowest BCUT2D eigenvalue weighted by atomic mass is 10.6. The number of ether oxygens (including phenoxy) is 1. The van der Waals surface area contributed by atoms with Crippen LogP contribution in [-0.2, 0) is 0 Å². The molecule has 0 saturated heterocycles. The fraction of sp³-hybridized carbons (Fsp3) is 0.125. The van der Waals surface area contributed by atoms with E-state index in [4.69, 9.17) is 4.74 Å². The zero-order chi connectivity index (χ0) is 9.97. The molecular weight excluding hydrogens is 187 g/mol. The number of aromatic nitrogens is 4. The molecule has 0 fully saturated rings. The van der Waals surface area contributed by atoms with Crippen LogP contribution in [0.25, 0.3) is 5.95 Å². The number of nitrogens with zero attached hydrogens (tertiary/aromatic N) is 4. The molecule has 0 aliphatic carbocycles. The first kappa shape index (κ1) is 8.61. The Morgan fingerprint density at radius 1 is 1.29 bits per heavy atom. The van der Waals surface area contributed by atoms with Crippen LogP contribution < -0.4 is 4.74 Å². The van der Waals surface area contributed by atoms with Gasteiger partial charge in [0, 0.05) is 0 Å². The first-order valence-corrected chi connectivity index (χ1v) is 3.86. The number of rotatable bonds is 2. The summed E-state index contributed by atoms with van der Waals surface area (Å²) >= 11 is 0. The Morgan fingerprint density at radius 2 is 2.00 bits per heavy atom.